The van der Waals surface area contributed by atoms with Crippen molar-refractivity contribution in [3.63, 3.8) is 0 Å². The van der Waals surface area contributed by atoms with Crippen molar-refractivity contribution in [2.24, 2.45) is 0 Å². The van der Waals surface area contributed by atoms with Gasteiger partial charge in [-0.15, -0.1) is 0 Å². The molecule has 7 heteroatoms. The molecule has 0 spiro atoms. The summed E-state index contributed by atoms with van der Waals surface area (Å²) < 4.78 is 1.57. The van der Waals surface area contributed by atoms with Crippen LogP contribution in [0.4, 0.5) is 0 Å². The van der Waals surface area contributed by atoms with E-state index in [0.29, 0.717) is 15.5 Å². The molecule has 72 valence electrons. The van der Waals surface area contributed by atoms with Gasteiger partial charge < -0.3 is 4.90 Å². The molecule has 1 rings (SSSR count). The first-order valence-electron chi connectivity index (χ1n) is 3.52. The molecule has 0 amide bonds. The lowest BCUT2D eigenvalue weighted by molar-refractivity contribution is 0.615. The van der Waals surface area contributed by atoms with Gasteiger partial charge >= 0.3 is 0 Å². The van der Waals surface area contributed by atoms with Crippen LogP contribution in [0.3, 0.4) is 0 Å². The molecule has 0 fully saturated rings. The first-order chi connectivity index (χ1) is 6.09. The molecule has 0 saturated carbocycles. The second-order valence-electron chi connectivity index (χ2n) is 2.51. The fourth-order valence-electron chi connectivity index (χ4n) is 0.537. The minimum Gasteiger partial charge on any atom is -0.366 e. The van der Waals surface area contributed by atoms with Crippen LogP contribution in [0.1, 0.15) is 0 Å². The Balaban J connectivity index is 2.44. The molecule has 0 aliphatic rings. The molecule has 4 nitrogen and oxygen atoms in total. The highest BCUT2D eigenvalue weighted by Crippen LogP contribution is 2.19. The monoisotopic (exact) mass is 234 g/mol. The van der Waals surface area contributed by atoms with Gasteiger partial charge in [0.2, 0.25) is 0 Å². The van der Waals surface area contributed by atoms with Gasteiger partial charge in [-0.1, -0.05) is 23.1 Å². The second kappa shape index (κ2) is 4.73. The second-order valence-corrected chi connectivity index (χ2v) is 5.40. The number of H-pyrrole nitrogens is 1. The number of rotatable bonds is 3. The Kier molecular flexibility index (Phi) is 3.89. The summed E-state index contributed by atoms with van der Waals surface area (Å²) in [5, 5.41) is 14.2. The van der Waals surface area contributed by atoms with Crippen LogP contribution in [0.25, 0.3) is 0 Å². The van der Waals surface area contributed by atoms with Gasteiger partial charge in [0.15, 0.2) is 8.29 Å². The summed E-state index contributed by atoms with van der Waals surface area (Å²) in [4.78, 5) is 1.78. The van der Waals surface area contributed by atoms with E-state index >= 15 is 0 Å². The fourth-order valence-corrected chi connectivity index (χ4v) is 2.61. The molecule has 0 saturated heterocycles. The average molecular weight is 234 g/mol. The molecule has 0 aliphatic carbocycles. The van der Waals surface area contributed by atoms with Crippen LogP contribution in [0.5, 0.6) is 0 Å². The highest BCUT2D eigenvalue weighted by molar-refractivity contribution is 8.01. The molecular formula is C6H10N4S3. The Morgan fingerprint density at radius 1 is 1.77 bits per heavy atom. The Bertz CT molecular complexity index is 340. The molecule has 1 aromatic heterocycles. The Morgan fingerprint density at radius 3 is 2.92 bits per heavy atom. The highest BCUT2D eigenvalue weighted by Gasteiger charge is 2.03. The lowest BCUT2D eigenvalue weighted by atomic mass is 10.6. The number of hydrogen-bond acceptors (Lipinski definition) is 5. The van der Waals surface area contributed by atoms with Gasteiger partial charge in [-0.3, -0.25) is 10.5 Å². The molecule has 0 radical (unpaired) electrons. The maximum atomic E-state index is 7.55. The zero-order chi connectivity index (χ0) is 9.84. The van der Waals surface area contributed by atoms with Crippen LogP contribution >= 0.6 is 35.3 Å². The van der Waals surface area contributed by atoms with Crippen molar-refractivity contribution in [2.75, 3.05) is 19.8 Å². The van der Waals surface area contributed by atoms with Gasteiger partial charge in [0, 0.05) is 14.1 Å². The van der Waals surface area contributed by atoms with Crippen molar-refractivity contribution in [3.05, 3.63) is 3.95 Å². The van der Waals surface area contributed by atoms with E-state index < -0.39 is 0 Å². The van der Waals surface area contributed by atoms with Crippen molar-refractivity contribution in [1.29, 1.82) is 5.41 Å². The van der Waals surface area contributed by atoms with Crippen LogP contribution in [0, 0.1) is 9.36 Å². The number of thioether (sulfide) groups is 1. The van der Waals surface area contributed by atoms with E-state index in [0.717, 1.165) is 4.34 Å². The molecule has 0 aliphatic heterocycles. The summed E-state index contributed by atoms with van der Waals surface area (Å²) in [6, 6.07) is 0. The Labute approximate surface area is 89.9 Å². The van der Waals surface area contributed by atoms with Gasteiger partial charge in [0.1, 0.15) is 5.84 Å². The van der Waals surface area contributed by atoms with Crippen LogP contribution in [0.15, 0.2) is 4.34 Å². The van der Waals surface area contributed by atoms with Crippen LogP contribution in [-0.2, 0) is 0 Å². The van der Waals surface area contributed by atoms with Crippen LogP contribution in [-0.4, -0.2) is 40.8 Å². The third kappa shape index (κ3) is 3.45. The number of aromatic amines is 1. The zero-order valence-electron chi connectivity index (χ0n) is 7.33. The van der Waals surface area contributed by atoms with Gasteiger partial charge in [-0.25, -0.2) is 0 Å². The number of hydrogen-bond donors (Lipinski definition) is 2. The number of amidine groups is 1. The van der Waals surface area contributed by atoms with Crippen molar-refractivity contribution in [3.8, 4) is 0 Å². The van der Waals surface area contributed by atoms with Crippen molar-refractivity contribution < 1.29 is 0 Å². The average Bonchev–Trinajstić information content (AvgIpc) is 2.47. The molecule has 1 heterocycles. The zero-order valence-corrected chi connectivity index (χ0v) is 9.78. The third-order valence-corrected chi connectivity index (χ3v) is 3.53. The lowest BCUT2D eigenvalue weighted by Gasteiger charge is -2.11. The Hall–Kier alpha value is -0.400. The first kappa shape index (κ1) is 10.7. The topological polar surface area (TPSA) is 55.8 Å². The quantitative estimate of drug-likeness (QED) is 0.362. The van der Waals surface area contributed by atoms with Crippen LogP contribution < -0.4 is 0 Å². The van der Waals surface area contributed by atoms with E-state index in [1.807, 2.05) is 14.1 Å². The molecule has 13 heavy (non-hydrogen) atoms. The summed E-state index contributed by atoms with van der Waals surface area (Å²) in [5.74, 6) is 1.20. The summed E-state index contributed by atoms with van der Waals surface area (Å²) in [5.41, 5.74) is 0. The summed E-state index contributed by atoms with van der Waals surface area (Å²) in [6.45, 7) is 0. The number of aromatic nitrogens is 2. The molecule has 0 unspecified atom stereocenters. The molecule has 0 aromatic carbocycles. The fraction of sp³-hybridized carbons (Fsp3) is 0.500. The standard InChI is InChI=1S/C6H10N4S3/c1-10(2)4(7)3-12-6-9-8-5(11)13-6/h7H,3H2,1-2H3,(H,8,11). The lowest BCUT2D eigenvalue weighted by Crippen LogP contribution is -2.22. The predicted molar refractivity (Wildman–Crippen MR) is 59.4 cm³/mol. The van der Waals surface area contributed by atoms with Crippen LogP contribution in [0.2, 0.25) is 0 Å². The number of nitrogens with zero attached hydrogens (tertiary/aromatic N) is 2. The SMILES string of the molecule is CN(C)C(=N)CSc1n[nH]c(=S)s1. The van der Waals surface area contributed by atoms with E-state index in [-0.39, 0.29) is 0 Å². The molecule has 2 N–H and O–H groups in total. The maximum Gasteiger partial charge on any atom is 0.177 e. The van der Waals surface area contributed by atoms with Crippen molar-refractivity contribution >= 4 is 41.2 Å². The van der Waals surface area contributed by atoms with E-state index in [9.17, 15) is 0 Å². The third-order valence-electron chi connectivity index (χ3n) is 1.29. The van der Waals surface area contributed by atoms with Crippen molar-refractivity contribution in [1.82, 2.24) is 15.1 Å². The minimum absolute atomic E-state index is 0.575. The molecule has 1 aromatic rings. The van der Waals surface area contributed by atoms with E-state index in [1.54, 1.807) is 4.90 Å². The van der Waals surface area contributed by atoms with Gasteiger partial charge in [-0.05, 0) is 12.2 Å². The largest absolute Gasteiger partial charge is 0.366 e. The molecule has 0 bridgehead atoms. The van der Waals surface area contributed by atoms with Gasteiger partial charge in [0.05, 0.1) is 5.75 Å². The van der Waals surface area contributed by atoms with Crippen molar-refractivity contribution in [2.45, 2.75) is 4.34 Å². The first-order valence-corrected chi connectivity index (χ1v) is 5.73. The number of nitrogens with one attached hydrogen (secondary N) is 2. The minimum atomic E-state index is 0.575. The molecular weight excluding hydrogens is 224 g/mol. The smallest absolute Gasteiger partial charge is 0.177 e. The van der Waals surface area contributed by atoms with Gasteiger partial charge in [0.25, 0.3) is 0 Å². The summed E-state index contributed by atoms with van der Waals surface area (Å²) in [6.07, 6.45) is 0. The normalized spacial score (nSPS) is 10.0. The highest BCUT2D eigenvalue weighted by atomic mass is 32.2. The Morgan fingerprint density at radius 2 is 2.46 bits per heavy atom. The predicted octanol–water partition coefficient (Wildman–Crippen LogP) is 1.83. The van der Waals surface area contributed by atoms with E-state index in [1.165, 1.54) is 23.1 Å². The van der Waals surface area contributed by atoms with Gasteiger partial charge in [-0.2, -0.15) is 5.10 Å². The summed E-state index contributed by atoms with van der Waals surface area (Å²) in [7, 11) is 3.71. The molecule has 0 atom stereocenters. The van der Waals surface area contributed by atoms with E-state index in [4.69, 9.17) is 17.6 Å². The van der Waals surface area contributed by atoms with E-state index in [2.05, 4.69) is 10.2 Å². The summed E-state index contributed by atoms with van der Waals surface area (Å²) >= 11 is 7.85. The maximum absolute atomic E-state index is 7.55.